The molecular formula is C18H23N7O3S. The fourth-order valence-corrected chi connectivity index (χ4v) is 4.76. The Balaban J connectivity index is 1.71. The molecule has 3 aromatic heterocycles. The van der Waals surface area contributed by atoms with Crippen LogP contribution in [0.15, 0.2) is 23.6 Å². The number of carbonyl (C=O) groups excluding carboxylic acids is 1. The molecule has 1 saturated heterocycles. The molecule has 0 unspecified atom stereocenters. The molecule has 3 aromatic rings. The summed E-state index contributed by atoms with van der Waals surface area (Å²) in [5.74, 6) is 0.0683. The van der Waals surface area contributed by atoms with Crippen LogP contribution < -0.4 is 0 Å². The molecule has 1 aliphatic rings. The van der Waals surface area contributed by atoms with Gasteiger partial charge in [0.2, 0.25) is 0 Å². The Hall–Kier alpha value is -2.82. The van der Waals surface area contributed by atoms with Crippen LogP contribution >= 0.6 is 0 Å². The molecular weight excluding hydrogens is 394 g/mol. The van der Waals surface area contributed by atoms with Gasteiger partial charge in [-0.25, -0.2) is 13.4 Å². The summed E-state index contributed by atoms with van der Waals surface area (Å²) in [5, 5.41) is 8.55. The predicted octanol–water partition coefficient (Wildman–Crippen LogP) is 1.07. The molecule has 0 aliphatic carbocycles. The number of aromatic nitrogens is 6. The summed E-state index contributed by atoms with van der Waals surface area (Å²) in [7, 11) is -3.52. The second-order valence-electron chi connectivity index (χ2n) is 7.33. The summed E-state index contributed by atoms with van der Waals surface area (Å²) in [5.41, 5.74) is 1.81. The summed E-state index contributed by atoms with van der Waals surface area (Å²) in [6.07, 6.45) is 7.13. The van der Waals surface area contributed by atoms with Gasteiger partial charge in [-0.2, -0.15) is 19.7 Å². The Morgan fingerprint density at radius 1 is 1.31 bits per heavy atom. The van der Waals surface area contributed by atoms with E-state index in [9.17, 15) is 13.2 Å². The zero-order valence-corrected chi connectivity index (χ0v) is 17.4. The zero-order chi connectivity index (χ0) is 20.8. The molecule has 0 saturated carbocycles. The van der Waals surface area contributed by atoms with Crippen LogP contribution in [-0.2, 0) is 16.4 Å². The third-order valence-corrected chi connectivity index (χ3v) is 6.42. The van der Waals surface area contributed by atoms with Crippen molar-refractivity contribution in [2.24, 2.45) is 0 Å². The van der Waals surface area contributed by atoms with Crippen molar-refractivity contribution < 1.29 is 13.2 Å². The predicted molar refractivity (Wildman–Crippen MR) is 104 cm³/mol. The quantitative estimate of drug-likeness (QED) is 0.623. The highest BCUT2D eigenvalue weighted by Crippen LogP contribution is 2.32. The number of piperidine rings is 1. The molecule has 0 aromatic carbocycles. The van der Waals surface area contributed by atoms with Crippen molar-refractivity contribution in [3.8, 4) is 0 Å². The lowest BCUT2D eigenvalue weighted by Gasteiger charge is -2.33. The molecule has 0 radical (unpaired) electrons. The minimum Gasteiger partial charge on any atom is -0.338 e. The molecule has 1 atom stereocenters. The maximum absolute atomic E-state index is 13.1. The van der Waals surface area contributed by atoms with Gasteiger partial charge in [-0.3, -0.25) is 9.48 Å². The van der Waals surface area contributed by atoms with Crippen LogP contribution in [0.2, 0.25) is 0 Å². The number of amides is 1. The van der Waals surface area contributed by atoms with Crippen molar-refractivity contribution in [3.63, 3.8) is 0 Å². The second kappa shape index (κ2) is 7.21. The number of aryl methyl sites for hydroxylation is 2. The van der Waals surface area contributed by atoms with Gasteiger partial charge in [0, 0.05) is 38.0 Å². The molecule has 0 spiro atoms. The normalized spacial score (nSPS) is 17.8. The fraction of sp³-hybridized carbons (Fsp3) is 0.500. The third-order valence-electron chi connectivity index (χ3n) is 5.30. The highest BCUT2D eigenvalue weighted by molar-refractivity contribution is 7.90. The van der Waals surface area contributed by atoms with E-state index in [1.54, 1.807) is 15.8 Å². The van der Waals surface area contributed by atoms with Crippen LogP contribution in [-0.4, -0.2) is 67.9 Å². The molecule has 0 N–H and O–H groups in total. The summed E-state index contributed by atoms with van der Waals surface area (Å²) in [6, 6.07) is 0. The van der Waals surface area contributed by atoms with Gasteiger partial charge in [0.05, 0.1) is 23.1 Å². The van der Waals surface area contributed by atoms with Crippen molar-refractivity contribution in [1.82, 2.24) is 34.3 Å². The number of sulfone groups is 1. The highest BCUT2D eigenvalue weighted by Gasteiger charge is 2.32. The maximum Gasteiger partial charge on any atom is 0.257 e. The maximum atomic E-state index is 13.1. The lowest BCUT2D eigenvalue weighted by atomic mass is 9.94. The first kappa shape index (κ1) is 19.5. The number of likely N-dealkylation sites (tertiary alicyclic amines) is 1. The summed E-state index contributed by atoms with van der Waals surface area (Å²) >= 11 is 0. The first-order valence-electron chi connectivity index (χ1n) is 9.51. The summed E-state index contributed by atoms with van der Waals surface area (Å²) in [4.78, 5) is 23.2. The SMILES string of the molecule is CCn1cc(C(=O)N2CCC[C@@H](c3c(S(C)(=O)=O)cnc4ncnn34)C2)c(C)n1. The van der Waals surface area contributed by atoms with E-state index in [-0.39, 0.29) is 16.7 Å². The fourth-order valence-electron chi connectivity index (χ4n) is 3.89. The van der Waals surface area contributed by atoms with Crippen LogP contribution in [0.1, 0.15) is 47.4 Å². The van der Waals surface area contributed by atoms with Crippen LogP contribution in [0.4, 0.5) is 0 Å². The van der Waals surface area contributed by atoms with Crippen molar-refractivity contribution in [2.75, 3.05) is 19.3 Å². The van der Waals surface area contributed by atoms with Gasteiger partial charge in [-0.1, -0.05) is 0 Å². The summed E-state index contributed by atoms with van der Waals surface area (Å²) in [6.45, 7) is 5.50. The molecule has 4 heterocycles. The number of fused-ring (bicyclic) bond motifs is 1. The number of hydrogen-bond donors (Lipinski definition) is 0. The van der Waals surface area contributed by atoms with Crippen molar-refractivity contribution in [1.29, 1.82) is 0 Å². The summed E-state index contributed by atoms with van der Waals surface area (Å²) < 4.78 is 28.0. The minimum atomic E-state index is -3.52. The van der Waals surface area contributed by atoms with Crippen LogP contribution in [0.25, 0.3) is 5.78 Å². The van der Waals surface area contributed by atoms with Gasteiger partial charge in [0.25, 0.3) is 11.7 Å². The molecule has 29 heavy (non-hydrogen) atoms. The first-order valence-corrected chi connectivity index (χ1v) is 11.4. The van der Waals surface area contributed by atoms with Crippen molar-refractivity contribution in [3.05, 3.63) is 35.7 Å². The largest absolute Gasteiger partial charge is 0.338 e. The molecule has 0 bridgehead atoms. The van der Waals surface area contributed by atoms with Crippen LogP contribution in [0, 0.1) is 6.92 Å². The van der Waals surface area contributed by atoms with E-state index in [2.05, 4.69) is 20.2 Å². The number of rotatable bonds is 4. The Labute approximate surface area is 168 Å². The third kappa shape index (κ3) is 3.50. The molecule has 10 nitrogen and oxygen atoms in total. The molecule has 1 fully saturated rings. The molecule has 11 heteroatoms. The highest BCUT2D eigenvalue weighted by atomic mass is 32.2. The van der Waals surface area contributed by atoms with Gasteiger partial charge in [-0.05, 0) is 26.7 Å². The molecule has 4 rings (SSSR count). The smallest absolute Gasteiger partial charge is 0.257 e. The molecule has 1 amide bonds. The van der Waals surface area contributed by atoms with Gasteiger partial charge in [0.15, 0.2) is 9.84 Å². The van der Waals surface area contributed by atoms with Crippen molar-refractivity contribution in [2.45, 2.75) is 44.0 Å². The average Bonchev–Trinajstić information content (AvgIpc) is 3.32. The number of hydrogen-bond acceptors (Lipinski definition) is 7. The van der Waals surface area contributed by atoms with Gasteiger partial charge in [0.1, 0.15) is 11.2 Å². The Kier molecular flexibility index (Phi) is 4.85. The lowest BCUT2D eigenvalue weighted by molar-refractivity contribution is 0.0703. The number of nitrogens with zero attached hydrogens (tertiary/aromatic N) is 7. The minimum absolute atomic E-state index is 0.0864. The molecule has 154 valence electrons. The molecule has 1 aliphatic heterocycles. The Bertz CT molecular complexity index is 1180. The van der Waals surface area contributed by atoms with E-state index in [1.165, 1.54) is 17.0 Å². The van der Waals surface area contributed by atoms with E-state index in [4.69, 9.17) is 0 Å². The van der Waals surface area contributed by atoms with E-state index in [0.29, 0.717) is 42.4 Å². The Morgan fingerprint density at radius 3 is 2.79 bits per heavy atom. The van der Waals surface area contributed by atoms with E-state index in [1.807, 2.05) is 13.8 Å². The van der Waals surface area contributed by atoms with Crippen LogP contribution in [0.3, 0.4) is 0 Å². The second-order valence-corrected chi connectivity index (χ2v) is 9.31. The number of carbonyl (C=O) groups is 1. The first-order chi connectivity index (χ1) is 13.8. The van der Waals surface area contributed by atoms with E-state index >= 15 is 0 Å². The average molecular weight is 417 g/mol. The van der Waals surface area contributed by atoms with Gasteiger partial charge in [-0.15, -0.1) is 0 Å². The van der Waals surface area contributed by atoms with Crippen LogP contribution in [0.5, 0.6) is 0 Å². The van der Waals surface area contributed by atoms with Crippen molar-refractivity contribution >= 4 is 21.5 Å². The Morgan fingerprint density at radius 2 is 2.10 bits per heavy atom. The monoisotopic (exact) mass is 417 g/mol. The standard InChI is InChI=1S/C18H23N7O3S/c1-4-24-10-14(12(2)22-24)17(26)23-7-5-6-13(9-23)16-15(29(3,27)28)8-19-18-20-11-21-25(16)18/h8,10-11,13H,4-7,9H2,1-3H3/t13-/m1/s1. The topological polar surface area (TPSA) is 115 Å². The lowest BCUT2D eigenvalue weighted by Crippen LogP contribution is -2.40. The zero-order valence-electron chi connectivity index (χ0n) is 16.6. The van der Waals surface area contributed by atoms with Gasteiger partial charge < -0.3 is 4.90 Å². The van der Waals surface area contributed by atoms with Gasteiger partial charge >= 0.3 is 0 Å². The van der Waals surface area contributed by atoms with E-state index in [0.717, 1.165) is 19.1 Å². The van der Waals surface area contributed by atoms with E-state index < -0.39 is 9.84 Å².